The number of amides is 1. The Morgan fingerprint density at radius 3 is 2.22 bits per heavy atom. The molecule has 0 saturated heterocycles. The van der Waals surface area contributed by atoms with Gasteiger partial charge in [0.1, 0.15) is 11.5 Å². The van der Waals surface area contributed by atoms with Crippen LogP contribution in [0.3, 0.4) is 0 Å². The van der Waals surface area contributed by atoms with Crippen molar-refractivity contribution >= 4 is 11.9 Å². The van der Waals surface area contributed by atoms with Gasteiger partial charge in [-0.1, -0.05) is 18.2 Å². The Kier molecular flexibility index (Phi) is 7.67. The zero-order valence-corrected chi connectivity index (χ0v) is 15.9. The highest BCUT2D eigenvalue weighted by molar-refractivity contribution is 5.94. The smallest absolute Gasteiger partial charge is 0.307 e. The fraction of sp³-hybridized carbons (Fsp3) is 0.333. The third-order valence-electron chi connectivity index (χ3n) is 4.25. The van der Waals surface area contributed by atoms with Crippen LogP contribution in [0.2, 0.25) is 0 Å². The van der Waals surface area contributed by atoms with Crippen molar-refractivity contribution in [3.63, 3.8) is 0 Å². The van der Waals surface area contributed by atoms with Gasteiger partial charge in [-0.05, 0) is 42.3 Å². The van der Waals surface area contributed by atoms with Gasteiger partial charge in [-0.2, -0.15) is 0 Å². The molecule has 1 amide bonds. The van der Waals surface area contributed by atoms with Crippen LogP contribution in [0.15, 0.2) is 48.5 Å². The van der Waals surface area contributed by atoms with Crippen LogP contribution in [0, 0.1) is 0 Å². The Bertz CT molecular complexity index is 757. The van der Waals surface area contributed by atoms with Crippen LogP contribution in [0.4, 0.5) is 0 Å². The largest absolute Gasteiger partial charge is 0.497 e. The number of ether oxygens (including phenoxy) is 3. The van der Waals surface area contributed by atoms with Gasteiger partial charge in [-0.3, -0.25) is 9.59 Å². The first-order chi connectivity index (χ1) is 13.1. The first kappa shape index (κ1) is 20.3. The molecule has 0 N–H and O–H groups in total. The molecule has 0 aliphatic heterocycles. The molecule has 2 aromatic carbocycles. The zero-order valence-electron chi connectivity index (χ0n) is 15.9. The van der Waals surface area contributed by atoms with Gasteiger partial charge in [0.05, 0.1) is 27.8 Å². The number of benzene rings is 2. The van der Waals surface area contributed by atoms with E-state index in [4.69, 9.17) is 14.2 Å². The van der Waals surface area contributed by atoms with Crippen LogP contribution in [-0.4, -0.2) is 51.2 Å². The minimum absolute atomic E-state index is 0.147. The standard InChI is InChI=1S/C21H25NO5/c1-25-18-9-7-16(8-10-18)11-13-22(14-12-20(23)27-3)21(24)17-5-4-6-19(15-17)26-2/h4-10,15H,11-14H2,1-3H3. The molecule has 0 heterocycles. The monoisotopic (exact) mass is 371 g/mol. The molecule has 0 radical (unpaired) electrons. The third kappa shape index (κ3) is 6.02. The van der Waals surface area contributed by atoms with Crippen molar-refractivity contribution in [1.82, 2.24) is 4.90 Å². The lowest BCUT2D eigenvalue weighted by atomic mass is 10.1. The molecule has 2 rings (SSSR count). The third-order valence-corrected chi connectivity index (χ3v) is 4.25. The predicted octanol–water partition coefficient (Wildman–Crippen LogP) is 2.95. The molecule has 0 fully saturated rings. The number of esters is 1. The van der Waals surface area contributed by atoms with E-state index < -0.39 is 0 Å². The van der Waals surface area contributed by atoms with Crippen molar-refractivity contribution in [2.45, 2.75) is 12.8 Å². The van der Waals surface area contributed by atoms with Gasteiger partial charge in [-0.15, -0.1) is 0 Å². The molecule has 0 atom stereocenters. The minimum Gasteiger partial charge on any atom is -0.497 e. The first-order valence-corrected chi connectivity index (χ1v) is 8.70. The highest BCUT2D eigenvalue weighted by Gasteiger charge is 2.18. The maximum atomic E-state index is 12.9. The Balaban J connectivity index is 2.10. The lowest BCUT2D eigenvalue weighted by Crippen LogP contribution is -2.35. The summed E-state index contributed by atoms with van der Waals surface area (Å²) in [5.74, 6) is 0.909. The molecular formula is C21H25NO5. The maximum Gasteiger partial charge on any atom is 0.307 e. The Labute approximate surface area is 159 Å². The number of nitrogens with zero attached hydrogens (tertiary/aromatic N) is 1. The number of carbonyl (C=O) groups excluding carboxylic acids is 2. The van der Waals surface area contributed by atoms with Gasteiger partial charge in [0.25, 0.3) is 5.91 Å². The van der Waals surface area contributed by atoms with E-state index in [9.17, 15) is 9.59 Å². The molecular weight excluding hydrogens is 346 g/mol. The fourth-order valence-corrected chi connectivity index (χ4v) is 2.64. The molecule has 0 aromatic heterocycles. The average Bonchev–Trinajstić information content (AvgIpc) is 2.73. The van der Waals surface area contributed by atoms with Gasteiger partial charge in [-0.25, -0.2) is 0 Å². The van der Waals surface area contributed by atoms with E-state index in [1.807, 2.05) is 24.3 Å². The summed E-state index contributed by atoms with van der Waals surface area (Å²) >= 11 is 0. The minimum atomic E-state index is -0.345. The van der Waals surface area contributed by atoms with Crippen LogP contribution in [0.25, 0.3) is 0 Å². The molecule has 0 spiro atoms. The van der Waals surface area contributed by atoms with Crippen molar-refractivity contribution in [1.29, 1.82) is 0 Å². The number of hydrogen-bond acceptors (Lipinski definition) is 5. The van der Waals surface area contributed by atoms with E-state index in [0.29, 0.717) is 30.8 Å². The predicted molar refractivity (Wildman–Crippen MR) is 102 cm³/mol. The quantitative estimate of drug-likeness (QED) is 0.634. The van der Waals surface area contributed by atoms with Gasteiger partial charge in [0, 0.05) is 18.7 Å². The molecule has 2 aromatic rings. The van der Waals surface area contributed by atoms with Crippen LogP contribution < -0.4 is 9.47 Å². The summed E-state index contributed by atoms with van der Waals surface area (Å²) in [6, 6.07) is 14.7. The fourth-order valence-electron chi connectivity index (χ4n) is 2.64. The number of hydrogen-bond donors (Lipinski definition) is 0. The van der Waals surface area contributed by atoms with Crippen LogP contribution in [0.5, 0.6) is 11.5 Å². The Hall–Kier alpha value is -3.02. The SMILES string of the molecule is COC(=O)CCN(CCc1ccc(OC)cc1)C(=O)c1cccc(OC)c1. The second kappa shape index (κ2) is 10.2. The second-order valence-corrected chi connectivity index (χ2v) is 5.95. The molecule has 6 nitrogen and oxygen atoms in total. The average molecular weight is 371 g/mol. The Morgan fingerprint density at radius 1 is 0.889 bits per heavy atom. The van der Waals surface area contributed by atoms with Gasteiger partial charge in [0.2, 0.25) is 0 Å². The Morgan fingerprint density at radius 2 is 1.59 bits per heavy atom. The first-order valence-electron chi connectivity index (χ1n) is 8.70. The second-order valence-electron chi connectivity index (χ2n) is 5.95. The van der Waals surface area contributed by atoms with Crippen molar-refractivity contribution in [2.75, 3.05) is 34.4 Å². The molecule has 0 saturated carbocycles. The molecule has 0 aliphatic carbocycles. The van der Waals surface area contributed by atoms with E-state index in [0.717, 1.165) is 11.3 Å². The summed E-state index contributed by atoms with van der Waals surface area (Å²) in [5, 5.41) is 0. The van der Waals surface area contributed by atoms with Gasteiger partial charge < -0.3 is 19.1 Å². The van der Waals surface area contributed by atoms with E-state index in [-0.39, 0.29) is 18.3 Å². The van der Waals surface area contributed by atoms with E-state index in [2.05, 4.69) is 0 Å². The van der Waals surface area contributed by atoms with Gasteiger partial charge in [0.15, 0.2) is 0 Å². The van der Waals surface area contributed by atoms with Crippen molar-refractivity contribution in [3.8, 4) is 11.5 Å². The lowest BCUT2D eigenvalue weighted by molar-refractivity contribution is -0.140. The van der Waals surface area contributed by atoms with Crippen molar-refractivity contribution < 1.29 is 23.8 Å². The normalized spacial score (nSPS) is 10.2. The van der Waals surface area contributed by atoms with Crippen molar-refractivity contribution in [3.05, 3.63) is 59.7 Å². The highest BCUT2D eigenvalue weighted by Crippen LogP contribution is 2.16. The summed E-state index contributed by atoms with van der Waals surface area (Å²) in [4.78, 5) is 26.1. The van der Waals surface area contributed by atoms with Crippen LogP contribution >= 0.6 is 0 Å². The van der Waals surface area contributed by atoms with Gasteiger partial charge >= 0.3 is 5.97 Å². The lowest BCUT2D eigenvalue weighted by Gasteiger charge is -2.23. The van der Waals surface area contributed by atoms with Crippen LogP contribution in [-0.2, 0) is 16.0 Å². The molecule has 0 bridgehead atoms. The van der Waals surface area contributed by atoms with Crippen molar-refractivity contribution in [2.24, 2.45) is 0 Å². The van der Waals surface area contributed by atoms with E-state index in [1.165, 1.54) is 7.11 Å². The maximum absolute atomic E-state index is 12.9. The zero-order chi connectivity index (χ0) is 19.6. The van der Waals surface area contributed by atoms with E-state index in [1.54, 1.807) is 43.4 Å². The number of carbonyl (C=O) groups is 2. The summed E-state index contributed by atoms with van der Waals surface area (Å²) in [6.07, 6.45) is 0.815. The highest BCUT2D eigenvalue weighted by atomic mass is 16.5. The summed E-state index contributed by atoms with van der Waals surface area (Å²) in [5.41, 5.74) is 1.60. The summed E-state index contributed by atoms with van der Waals surface area (Å²) < 4.78 is 15.1. The molecule has 0 unspecified atom stereocenters. The molecule has 0 aliphatic rings. The number of methoxy groups -OCH3 is 3. The molecule has 27 heavy (non-hydrogen) atoms. The summed E-state index contributed by atoms with van der Waals surface area (Å²) in [6.45, 7) is 0.776. The topological polar surface area (TPSA) is 65.1 Å². The molecule has 6 heteroatoms. The summed E-state index contributed by atoms with van der Waals surface area (Å²) in [7, 11) is 4.52. The van der Waals surface area contributed by atoms with Crippen LogP contribution in [0.1, 0.15) is 22.3 Å². The molecule has 144 valence electrons. The number of rotatable bonds is 9. The van der Waals surface area contributed by atoms with E-state index >= 15 is 0 Å².